The SMILES string of the molecule is C[C@H]1NCC2C[C@]21NC(=O)OC(C)(C)C. The molecule has 2 aliphatic rings. The van der Waals surface area contributed by atoms with E-state index >= 15 is 0 Å². The van der Waals surface area contributed by atoms with E-state index in [9.17, 15) is 4.79 Å². The number of alkyl carbamates (subject to hydrolysis) is 1. The van der Waals surface area contributed by atoms with E-state index in [4.69, 9.17) is 4.74 Å². The molecular weight excluding hydrogens is 192 g/mol. The van der Waals surface area contributed by atoms with Crippen molar-refractivity contribution >= 4 is 6.09 Å². The summed E-state index contributed by atoms with van der Waals surface area (Å²) >= 11 is 0. The molecule has 1 unspecified atom stereocenters. The maximum absolute atomic E-state index is 11.6. The largest absolute Gasteiger partial charge is 0.444 e. The van der Waals surface area contributed by atoms with Gasteiger partial charge in [-0.25, -0.2) is 4.79 Å². The molecule has 1 amide bonds. The first-order valence-electron chi connectivity index (χ1n) is 5.58. The number of nitrogens with one attached hydrogen (secondary N) is 2. The lowest BCUT2D eigenvalue weighted by Gasteiger charge is -2.25. The lowest BCUT2D eigenvalue weighted by Crippen LogP contribution is -2.48. The zero-order valence-electron chi connectivity index (χ0n) is 9.89. The Morgan fingerprint density at radius 2 is 2.20 bits per heavy atom. The minimum absolute atomic E-state index is 0.0255. The number of fused-ring (bicyclic) bond motifs is 1. The fourth-order valence-electron chi connectivity index (χ4n) is 2.39. The fourth-order valence-corrected chi connectivity index (χ4v) is 2.39. The fraction of sp³-hybridized carbons (Fsp3) is 0.909. The second-order valence-corrected chi connectivity index (χ2v) is 5.70. The molecule has 4 heteroatoms. The van der Waals surface area contributed by atoms with Crippen LogP contribution in [0.5, 0.6) is 0 Å². The summed E-state index contributed by atoms with van der Waals surface area (Å²) in [5.74, 6) is 0.597. The van der Waals surface area contributed by atoms with Crippen LogP contribution in [0, 0.1) is 5.92 Å². The van der Waals surface area contributed by atoms with Gasteiger partial charge in [-0.3, -0.25) is 0 Å². The maximum atomic E-state index is 11.6. The number of hydrogen-bond donors (Lipinski definition) is 2. The topological polar surface area (TPSA) is 50.4 Å². The average Bonchev–Trinajstić information content (AvgIpc) is 2.64. The standard InChI is InChI=1S/C11H20N2O2/c1-7-11(5-8(11)6-12-7)13-9(14)15-10(2,3)4/h7-8,12H,5-6H2,1-4H3,(H,13,14)/t7-,8?,11-/m1/s1. The number of ether oxygens (including phenoxy) is 1. The summed E-state index contributed by atoms with van der Waals surface area (Å²) in [5, 5.41) is 6.37. The van der Waals surface area contributed by atoms with Gasteiger partial charge >= 0.3 is 6.09 Å². The van der Waals surface area contributed by atoms with Gasteiger partial charge in [-0.1, -0.05) is 0 Å². The molecule has 1 aliphatic heterocycles. The average molecular weight is 212 g/mol. The van der Waals surface area contributed by atoms with Gasteiger partial charge in [0.15, 0.2) is 0 Å². The van der Waals surface area contributed by atoms with Gasteiger partial charge in [0.05, 0.1) is 5.54 Å². The third kappa shape index (κ3) is 1.95. The Morgan fingerprint density at radius 3 is 2.60 bits per heavy atom. The van der Waals surface area contributed by atoms with E-state index in [1.54, 1.807) is 0 Å². The third-order valence-electron chi connectivity index (χ3n) is 3.33. The van der Waals surface area contributed by atoms with Crippen molar-refractivity contribution in [2.24, 2.45) is 5.92 Å². The lowest BCUT2D eigenvalue weighted by molar-refractivity contribution is 0.0488. The van der Waals surface area contributed by atoms with Gasteiger partial charge in [0.2, 0.25) is 0 Å². The highest BCUT2D eigenvalue weighted by molar-refractivity contribution is 5.70. The Labute approximate surface area is 90.8 Å². The minimum atomic E-state index is -0.416. The molecule has 2 rings (SSSR count). The van der Waals surface area contributed by atoms with Crippen LogP contribution in [0.3, 0.4) is 0 Å². The highest BCUT2D eigenvalue weighted by Crippen LogP contribution is 2.49. The van der Waals surface area contributed by atoms with Crippen molar-refractivity contribution < 1.29 is 9.53 Å². The number of piperidine rings is 1. The van der Waals surface area contributed by atoms with Gasteiger partial charge in [-0.2, -0.15) is 0 Å². The summed E-state index contributed by atoms with van der Waals surface area (Å²) in [4.78, 5) is 11.6. The summed E-state index contributed by atoms with van der Waals surface area (Å²) < 4.78 is 5.26. The van der Waals surface area contributed by atoms with Crippen LogP contribution in [0.25, 0.3) is 0 Å². The van der Waals surface area contributed by atoms with Crippen LogP contribution < -0.4 is 10.6 Å². The predicted octanol–water partition coefficient (Wildman–Crippen LogP) is 1.26. The van der Waals surface area contributed by atoms with Crippen LogP contribution in [-0.2, 0) is 4.74 Å². The van der Waals surface area contributed by atoms with Crippen molar-refractivity contribution in [2.75, 3.05) is 6.54 Å². The molecule has 1 heterocycles. The van der Waals surface area contributed by atoms with Crippen LogP contribution in [-0.4, -0.2) is 29.8 Å². The first-order chi connectivity index (χ1) is 6.83. The van der Waals surface area contributed by atoms with Crippen LogP contribution >= 0.6 is 0 Å². The Hall–Kier alpha value is -0.770. The van der Waals surface area contributed by atoms with Crippen LogP contribution in [0.15, 0.2) is 0 Å². The van der Waals surface area contributed by atoms with E-state index in [0.717, 1.165) is 13.0 Å². The van der Waals surface area contributed by atoms with Crippen LogP contribution in [0.1, 0.15) is 34.1 Å². The lowest BCUT2D eigenvalue weighted by atomic mass is 10.1. The van der Waals surface area contributed by atoms with Crippen molar-refractivity contribution in [3.05, 3.63) is 0 Å². The summed E-state index contributed by atoms with van der Waals surface area (Å²) in [6, 6.07) is 0.356. The van der Waals surface area contributed by atoms with Crippen molar-refractivity contribution in [1.82, 2.24) is 10.6 Å². The number of hydrogen-bond acceptors (Lipinski definition) is 3. The summed E-state index contributed by atoms with van der Waals surface area (Å²) in [6.07, 6.45) is 0.793. The van der Waals surface area contributed by atoms with Gasteiger partial charge in [0, 0.05) is 12.6 Å². The first kappa shape index (κ1) is 10.7. The van der Waals surface area contributed by atoms with E-state index in [1.165, 1.54) is 0 Å². The maximum Gasteiger partial charge on any atom is 0.408 e. The number of rotatable bonds is 1. The molecule has 15 heavy (non-hydrogen) atoms. The highest BCUT2D eigenvalue weighted by Gasteiger charge is 2.62. The van der Waals surface area contributed by atoms with Gasteiger partial charge < -0.3 is 15.4 Å². The van der Waals surface area contributed by atoms with E-state index in [-0.39, 0.29) is 11.6 Å². The molecule has 86 valence electrons. The van der Waals surface area contributed by atoms with E-state index in [2.05, 4.69) is 17.6 Å². The molecule has 0 aromatic heterocycles. The third-order valence-corrected chi connectivity index (χ3v) is 3.33. The zero-order valence-corrected chi connectivity index (χ0v) is 9.89. The smallest absolute Gasteiger partial charge is 0.408 e. The normalized spacial score (nSPS) is 38.4. The number of carbonyl (C=O) groups is 1. The van der Waals surface area contributed by atoms with E-state index < -0.39 is 5.60 Å². The van der Waals surface area contributed by atoms with Gasteiger partial charge in [-0.15, -0.1) is 0 Å². The van der Waals surface area contributed by atoms with Gasteiger partial charge in [-0.05, 0) is 40.0 Å². The molecule has 3 atom stereocenters. The molecule has 0 spiro atoms. The molecule has 4 nitrogen and oxygen atoms in total. The predicted molar refractivity (Wildman–Crippen MR) is 57.7 cm³/mol. The molecule has 0 bridgehead atoms. The molecular formula is C11H20N2O2. The summed E-state index contributed by atoms with van der Waals surface area (Å²) in [5.41, 5.74) is -0.442. The van der Waals surface area contributed by atoms with Crippen LogP contribution in [0.2, 0.25) is 0 Å². The Balaban J connectivity index is 1.90. The molecule has 2 fully saturated rings. The second-order valence-electron chi connectivity index (χ2n) is 5.70. The van der Waals surface area contributed by atoms with Crippen molar-refractivity contribution in [3.63, 3.8) is 0 Å². The molecule has 0 aromatic carbocycles. The van der Waals surface area contributed by atoms with E-state index in [1.807, 2.05) is 20.8 Å². The molecule has 0 radical (unpaired) electrons. The second kappa shape index (κ2) is 3.11. The molecule has 1 saturated carbocycles. The number of amides is 1. The molecule has 1 saturated heterocycles. The molecule has 2 N–H and O–H groups in total. The molecule has 1 aliphatic carbocycles. The number of carbonyl (C=O) groups excluding carboxylic acids is 1. The quantitative estimate of drug-likeness (QED) is 0.688. The van der Waals surface area contributed by atoms with Gasteiger partial charge in [0.25, 0.3) is 0 Å². The summed E-state index contributed by atoms with van der Waals surface area (Å²) in [6.45, 7) is 8.77. The Bertz CT molecular complexity index is 285. The minimum Gasteiger partial charge on any atom is -0.444 e. The Kier molecular flexibility index (Phi) is 2.23. The van der Waals surface area contributed by atoms with E-state index in [0.29, 0.717) is 12.0 Å². The highest BCUT2D eigenvalue weighted by atomic mass is 16.6. The van der Waals surface area contributed by atoms with Crippen molar-refractivity contribution in [1.29, 1.82) is 0 Å². The summed E-state index contributed by atoms with van der Waals surface area (Å²) in [7, 11) is 0. The Morgan fingerprint density at radius 1 is 1.53 bits per heavy atom. The van der Waals surface area contributed by atoms with Crippen molar-refractivity contribution in [3.8, 4) is 0 Å². The van der Waals surface area contributed by atoms with Crippen LogP contribution in [0.4, 0.5) is 4.79 Å². The van der Waals surface area contributed by atoms with Gasteiger partial charge in [0.1, 0.15) is 5.60 Å². The molecule has 0 aromatic rings. The monoisotopic (exact) mass is 212 g/mol. The van der Waals surface area contributed by atoms with Crippen molar-refractivity contribution in [2.45, 2.75) is 51.3 Å². The zero-order chi connectivity index (χ0) is 11.3. The first-order valence-corrected chi connectivity index (χ1v) is 5.58.